The van der Waals surface area contributed by atoms with E-state index in [-0.39, 0.29) is 11.8 Å². The summed E-state index contributed by atoms with van der Waals surface area (Å²) < 4.78 is 4.82. The predicted octanol–water partition coefficient (Wildman–Crippen LogP) is 9.88. The van der Waals surface area contributed by atoms with Crippen molar-refractivity contribution in [3.05, 3.63) is 203 Å². The number of aryl methyl sites for hydroxylation is 1. The Morgan fingerprint density at radius 1 is 0.521 bits per heavy atom. The molecule has 8 rings (SSSR count). The molecule has 0 bridgehead atoms. The maximum atomic E-state index is 2.56. The molecule has 5 aromatic carbocycles. The van der Waals surface area contributed by atoms with Crippen molar-refractivity contribution in [2.75, 3.05) is 18.0 Å². The lowest BCUT2D eigenvalue weighted by atomic mass is 9.78. The van der Waals surface area contributed by atoms with Gasteiger partial charge in [-0.2, -0.15) is 4.40 Å². The van der Waals surface area contributed by atoms with E-state index < -0.39 is 0 Å². The monoisotopic (exact) mass is 624 g/mol. The number of hydrogen-bond donors (Lipinski definition) is 0. The van der Waals surface area contributed by atoms with Gasteiger partial charge in [0, 0.05) is 42.1 Å². The molecule has 0 N–H and O–H groups in total. The van der Waals surface area contributed by atoms with Crippen LogP contribution in [0, 0.1) is 6.92 Å². The highest BCUT2D eigenvalue weighted by Gasteiger charge is 2.31. The number of piperidine rings is 1. The number of fused-ring (bicyclic) bond motifs is 1. The molecule has 0 aliphatic carbocycles. The van der Waals surface area contributed by atoms with Crippen LogP contribution in [0.25, 0.3) is 11.2 Å². The van der Waals surface area contributed by atoms with Crippen LogP contribution < -0.4 is 9.47 Å². The second kappa shape index (κ2) is 13.4. The number of nitrogens with zero attached hydrogens (tertiary/aromatic N) is 3. The molecule has 0 unspecified atom stereocenters. The lowest BCUT2D eigenvalue weighted by Gasteiger charge is -2.27. The van der Waals surface area contributed by atoms with Crippen molar-refractivity contribution in [1.29, 1.82) is 0 Å². The molecule has 236 valence electrons. The maximum Gasteiger partial charge on any atom is 0.255 e. The first-order valence-electron chi connectivity index (χ1n) is 17.4. The Balaban J connectivity index is 1.45. The lowest BCUT2D eigenvalue weighted by Crippen LogP contribution is -2.34. The van der Waals surface area contributed by atoms with Crippen LogP contribution in [-0.4, -0.2) is 17.5 Å². The zero-order valence-corrected chi connectivity index (χ0v) is 27.6. The average Bonchev–Trinajstić information content (AvgIpc) is 3.58. The summed E-state index contributed by atoms with van der Waals surface area (Å²) in [5, 5.41) is 0. The van der Waals surface area contributed by atoms with Gasteiger partial charge in [0.2, 0.25) is 5.82 Å². The minimum absolute atomic E-state index is 0.0466. The molecular weight excluding hydrogens is 583 g/mol. The van der Waals surface area contributed by atoms with Crippen molar-refractivity contribution < 1.29 is 4.57 Å². The molecule has 0 radical (unpaired) electrons. The van der Waals surface area contributed by atoms with E-state index in [4.69, 9.17) is 0 Å². The van der Waals surface area contributed by atoms with Crippen LogP contribution >= 0.6 is 0 Å². The molecule has 0 spiro atoms. The minimum Gasteiger partial charge on any atom is -0.339 e. The van der Waals surface area contributed by atoms with Crippen LogP contribution in [-0.2, 0) is 0 Å². The molecular formula is C45H42N3+. The van der Waals surface area contributed by atoms with Gasteiger partial charge in [0.25, 0.3) is 6.33 Å². The van der Waals surface area contributed by atoms with Crippen LogP contribution in [0.2, 0.25) is 0 Å². The molecule has 1 aliphatic heterocycles. The van der Waals surface area contributed by atoms with Crippen molar-refractivity contribution in [3.8, 4) is 5.69 Å². The average molecular weight is 625 g/mol. The third kappa shape index (κ3) is 5.82. The molecule has 2 aromatic heterocycles. The first-order chi connectivity index (χ1) is 23.7. The van der Waals surface area contributed by atoms with Crippen LogP contribution in [0.4, 0.5) is 5.82 Å². The highest BCUT2D eigenvalue weighted by Crippen LogP contribution is 2.41. The molecule has 3 nitrogen and oxygen atoms in total. The second-order valence-electron chi connectivity index (χ2n) is 13.2. The number of pyridine rings is 1. The molecule has 1 saturated heterocycles. The van der Waals surface area contributed by atoms with E-state index in [1.807, 2.05) is 0 Å². The van der Waals surface area contributed by atoms with Gasteiger partial charge in [-0.1, -0.05) is 145 Å². The van der Waals surface area contributed by atoms with Gasteiger partial charge in [-0.05, 0) is 54.5 Å². The summed E-state index contributed by atoms with van der Waals surface area (Å²) in [6.45, 7) is 4.46. The third-order valence-corrected chi connectivity index (χ3v) is 9.95. The van der Waals surface area contributed by atoms with E-state index in [1.54, 1.807) is 0 Å². The van der Waals surface area contributed by atoms with Gasteiger partial charge in [-0.15, -0.1) is 0 Å². The first-order valence-corrected chi connectivity index (χ1v) is 17.4. The van der Waals surface area contributed by atoms with Crippen molar-refractivity contribution in [1.82, 2.24) is 4.40 Å². The summed E-state index contributed by atoms with van der Waals surface area (Å²) in [5.74, 6) is 1.36. The van der Waals surface area contributed by atoms with Gasteiger partial charge in [0.15, 0.2) is 5.52 Å². The number of hydrogen-bond acceptors (Lipinski definition) is 1. The van der Waals surface area contributed by atoms with Crippen LogP contribution in [0.5, 0.6) is 0 Å². The van der Waals surface area contributed by atoms with Crippen LogP contribution in [0.1, 0.15) is 70.0 Å². The Kier molecular flexibility index (Phi) is 8.34. The molecule has 1 aliphatic rings. The van der Waals surface area contributed by atoms with Crippen molar-refractivity contribution in [3.63, 3.8) is 0 Å². The predicted molar refractivity (Wildman–Crippen MR) is 197 cm³/mol. The number of rotatable bonds is 8. The number of anilines is 1. The van der Waals surface area contributed by atoms with Crippen molar-refractivity contribution in [2.45, 2.75) is 38.0 Å². The topological polar surface area (TPSA) is 11.5 Å². The van der Waals surface area contributed by atoms with Crippen molar-refractivity contribution >= 4 is 11.3 Å². The van der Waals surface area contributed by atoms with Gasteiger partial charge in [-0.25, -0.2) is 4.57 Å². The van der Waals surface area contributed by atoms with Gasteiger partial charge in [-0.3, -0.25) is 0 Å². The Labute approximate surface area is 284 Å². The highest BCUT2D eigenvalue weighted by molar-refractivity contribution is 5.60. The van der Waals surface area contributed by atoms with E-state index in [0.717, 1.165) is 13.1 Å². The van der Waals surface area contributed by atoms with E-state index in [2.05, 4.69) is 185 Å². The third-order valence-electron chi connectivity index (χ3n) is 9.95. The van der Waals surface area contributed by atoms with E-state index in [0.29, 0.717) is 0 Å². The fourth-order valence-electron chi connectivity index (χ4n) is 7.82. The first kappa shape index (κ1) is 30.0. The van der Waals surface area contributed by atoms with Crippen molar-refractivity contribution in [2.24, 2.45) is 0 Å². The molecule has 48 heavy (non-hydrogen) atoms. The Morgan fingerprint density at radius 3 is 1.44 bits per heavy atom. The fourth-order valence-corrected chi connectivity index (χ4v) is 7.82. The SMILES string of the molecule is Cc1cc(C(c2ccccc2)c2ccccc2)c(-[n+]2cc3cccc(N4CCCCC4)n3c2)c(C(c2ccccc2)c2ccccc2)c1. The zero-order valence-electron chi connectivity index (χ0n) is 27.6. The van der Waals surface area contributed by atoms with E-state index in [1.165, 1.54) is 75.2 Å². The molecule has 0 saturated carbocycles. The minimum atomic E-state index is 0.0466. The van der Waals surface area contributed by atoms with Gasteiger partial charge in [0.1, 0.15) is 11.9 Å². The van der Waals surface area contributed by atoms with E-state index in [9.17, 15) is 0 Å². The van der Waals surface area contributed by atoms with E-state index >= 15 is 0 Å². The summed E-state index contributed by atoms with van der Waals surface area (Å²) >= 11 is 0. The largest absolute Gasteiger partial charge is 0.339 e. The summed E-state index contributed by atoms with van der Waals surface area (Å²) in [6, 6.07) is 55.7. The molecule has 1 fully saturated rings. The molecule has 0 amide bonds. The van der Waals surface area contributed by atoms with Gasteiger partial charge in [0.05, 0.1) is 0 Å². The number of imidazole rings is 1. The Morgan fingerprint density at radius 2 is 0.979 bits per heavy atom. The summed E-state index contributed by atoms with van der Waals surface area (Å²) in [6.07, 6.45) is 8.47. The highest BCUT2D eigenvalue weighted by atomic mass is 15.2. The Hall–Kier alpha value is -5.41. The Bertz CT molecular complexity index is 1930. The fraction of sp³-hybridized carbons (Fsp3) is 0.178. The molecule has 7 aromatic rings. The molecule has 0 atom stereocenters. The quantitative estimate of drug-likeness (QED) is 0.121. The standard InChI is InChI=1S/C45H42N3/c1-34-30-40(43(35-18-7-2-8-19-35)36-20-9-3-10-21-36)45(41(31-34)44(37-22-11-4-12-23-37)38-24-13-5-14-25-38)47-32-39-26-17-27-42(48(39)33-47)46-28-15-6-16-29-46/h2-5,7-14,17-27,30-33,43-44H,6,15-16,28-29H2,1H3/q+1. The summed E-state index contributed by atoms with van der Waals surface area (Å²) in [7, 11) is 0. The number of benzene rings is 5. The number of aromatic nitrogens is 2. The lowest BCUT2D eigenvalue weighted by molar-refractivity contribution is -0.595. The van der Waals surface area contributed by atoms with Crippen LogP contribution in [0.15, 0.2) is 164 Å². The molecule has 3 heteroatoms. The molecule has 3 heterocycles. The van der Waals surface area contributed by atoms with Gasteiger partial charge >= 0.3 is 0 Å². The zero-order chi connectivity index (χ0) is 32.3. The van der Waals surface area contributed by atoms with Crippen LogP contribution in [0.3, 0.4) is 0 Å². The summed E-state index contributed by atoms with van der Waals surface area (Å²) in [5.41, 5.74) is 11.5. The summed E-state index contributed by atoms with van der Waals surface area (Å²) in [4.78, 5) is 2.56. The second-order valence-corrected chi connectivity index (χ2v) is 13.2. The normalized spacial score (nSPS) is 13.4. The van der Waals surface area contributed by atoms with Gasteiger partial charge < -0.3 is 4.90 Å². The smallest absolute Gasteiger partial charge is 0.255 e. The maximum absolute atomic E-state index is 2.56.